The van der Waals surface area contributed by atoms with Crippen molar-refractivity contribution in [2.24, 2.45) is 0 Å². The Morgan fingerprint density at radius 2 is 2.05 bits per heavy atom. The van der Waals surface area contributed by atoms with E-state index in [9.17, 15) is 4.79 Å². The van der Waals surface area contributed by atoms with Gasteiger partial charge in [-0.2, -0.15) is 0 Å². The van der Waals surface area contributed by atoms with Gasteiger partial charge in [0.05, 0.1) is 32.3 Å². The summed E-state index contributed by atoms with van der Waals surface area (Å²) in [6, 6.07) is 3.66. The SMILES string of the molecule is CCOC(=O)CCNCc1cc(Cl)c(OC)c(OC)c1. The normalized spacial score (nSPS) is 10.2. The molecule has 0 saturated carbocycles. The second kappa shape index (κ2) is 8.66. The van der Waals surface area contributed by atoms with Crippen LogP contribution in [0.4, 0.5) is 0 Å². The lowest BCUT2D eigenvalue weighted by atomic mass is 10.2. The summed E-state index contributed by atoms with van der Waals surface area (Å²) in [7, 11) is 3.10. The molecule has 0 aliphatic carbocycles. The van der Waals surface area contributed by atoms with Crippen molar-refractivity contribution < 1.29 is 19.0 Å². The van der Waals surface area contributed by atoms with Crippen LogP contribution >= 0.6 is 11.6 Å². The number of ether oxygens (including phenoxy) is 3. The summed E-state index contributed by atoms with van der Waals surface area (Å²) in [5.74, 6) is 0.900. The summed E-state index contributed by atoms with van der Waals surface area (Å²) in [6.07, 6.45) is 0.342. The maximum Gasteiger partial charge on any atom is 0.307 e. The quantitative estimate of drug-likeness (QED) is 0.590. The molecular weight excluding hydrogens is 282 g/mol. The summed E-state index contributed by atoms with van der Waals surface area (Å²) in [6.45, 7) is 3.32. The fourth-order valence-electron chi connectivity index (χ4n) is 1.73. The largest absolute Gasteiger partial charge is 0.493 e. The van der Waals surface area contributed by atoms with Crippen LogP contribution in [0.3, 0.4) is 0 Å². The Morgan fingerprint density at radius 3 is 2.65 bits per heavy atom. The molecule has 0 radical (unpaired) electrons. The van der Waals surface area contributed by atoms with Gasteiger partial charge in [-0.25, -0.2) is 0 Å². The van der Waals surface area contributed by atoms with Crippen LogP contribution in [0.5, 0.6) is 11.5 Å². The van der Waals surface area contributed by atoms with E-state index in [1.165, 1.54) is 0 Å². The van der Waals surface area contributed by atoms with Crippen molar-refractivity contribution >= 4 is 17.6 Å². The van der Waals surface area contributed by atoms with Crippen LogP contribution in [0, 0.1) is 0 Å². The molecule has 112 valence electrons. The number of rotatable bonds is 8. The first-order valence-electron chi connectivity index (χ1n) is 6.39. The van der Waals surface area contributed by atoms with E-state index >= 15 is 0 Å². The van der Waals surface area contributed by atoms with Crippen LogP contribution in [-0.4, -0.2) is 33.3 Å². The third-order valence-electron chi connectivity index (χ3n) is 2.63. The molecule has 0 amide bonds. The summed E-state index contributed by atoms with van der Waals surface area (Å²) in [5.41, 5.74) is 0.955. The average molecular weight is 302 g/mol. The van der Waals surface area contributed by atoms with Crippen molar-refractivity contribution in [3.05, 3.63) is 22.7 Å². The van der Waals surface area contributed by atoms with Gasteiger partial charge in [-0.3, -0.25) is 4.79 Å². The van der Waals surface area contributed by atoms with Crippen molar-refractivity contribution in [1.29, 1.82) is 0 Å². The van der Waals surface area contributed by atoms with E-state index in [-0.39, 0.29) is 5.97 Å². The lowest BCUT2D eigenvalue weighted by molar-refractivity contribution is -0.142. The number of carbonyl (C=O) groups excluding carboxylic acids is 1. The van der Waals surface area contributed by atoms with Crippen molar-refractivity contribution in [3.8, 4) is 11.5 Å². The molecule has 1 N–H and O–H groups in total. The molecule has 0 bridgehead atoms. The van der Waals surface area contributed by atoms with Gasteiger partial charge in [0.2, 0.25) is 0 Å². The lowest BCUT2D eigenvalue weighted by Crippen LogP contribution is -2.19. The van der Waals surface area contributed by atoms with Gasteiger partial charge < -0.3 is 19.5 Å². The Balaban J connectivity index is 2.52. The van der Waals surface area contributed by atoms with Crippen LogP contribution in [0.25, 0.3) is 0 Å². The van der Waals surface area contributed by atoms with Gasteiger partial charge >= 0.3 is 5.97 Å². The molecule has 1 aromatic rings. The summed E-state index contributed by atoms with van der Waals surface area (Å²) in [4.78, 5) is 11.2. The average Bonchev–Trinajstić information content (AvgIpc) is 2.43. The Labute approximate surface area is 124 Å². The molecule has 6 heteroatoms. The van der Waals surface area contributed by atoms with Crippen molar-refractivity contribution in [3.63, 3.8) is 0 Å². The zero-order valence-corrected chi connectivity index (χ0v) is 12.8. The molecule has 1 rings (SSSR count). The van der Waals surface area contributed by atoms with Crippen LogP contribution < -0.4 is 14.8 Å². The Morgan fingerprint density at radius 1 is 1.30 bits per heavy atom. The molecule has 1 aromatic carbocycles. The molecule has 0 unspecified atom stereocenters. The Kier molecular flexibility index (Phi) is 7.18. The maximum atomic E-state index is 11.2. The third kappa shape index (κ3) is 4.90. The monoisotopic (exact) mass is 301 g/mol. The Hall–Kier alpha value is -1.46. The van der Waals surface area contributed by atoms with E-state index < -0.39 is 0 Å². The van der Waals surface area contributed by atoms with E-state index in [0.29, 0.717) is 42.6 Å². The predicted molar refractivity (Wildman–Crippen MR) is 77.5 cm³/mol. The van der Waals surface area contributed by atoms with Crippen LogP contribution in [0.1, 0.15) is 18.9 Å². The van der Waals surface area contributed by atoms with Gasteiger partial charge in [-0.1, -0.05) is 11.6 Å². The maximum absolute atomic E-state index is 11.2. The first-order valence-corrected chi connectivity index (χ1v) is 6.76. The molecule has 0 aliphatic heterocycles. The van der Waals surface area contributed by atoms with E-state index in [1.807, 2.05) is 6.07 Å². The van der Waals surface area contributed by atoms with E-state index in [2.05, 4.69) is 5.32 Å². The summed E-state index contributed by atoms with van der Waals surface area (Å²) in [5, 5.41) is 3.65. The van der Waals surface area contributed by atoms with E-state index in [4.69, 9.17) is 25.8 Å². The number of carbonyl (C=O) groups is 1. The van der Waals surface area contributed by atoms with Gasteiger partial charge in [0.15, 0.2) is 11.5 Å². The number of halogens is 1. The predicted octanol–water partition coefficient (Wildman–Crippen LogP) is 2.40. The molecular formula is C14H20ClNO4. The smallest absolute Gasteiger partial charge is 0.307 e. The van der Waals surface area contributed by atoms with E-state index in [0.717, 1.165) is 5.56 Å². The highest BCUT2D eigenvalue weighted by Crippen LogP contribution is 2.35. The van der Waals surface area contributed by atoms with Gasteiger partial charge in [0.25, 0.3) is 0 Å². The molecule has 0 aromatic heterocycles. The minimum absolute atomic E-state index is 0.203. The topological polar surface area (TPSA) is 56.8 Å². The van der Waals surface area contributed by atoms with Crippen LogP contribution in [0.2, 0.25) is 5.02 Å². The number of esters is 1. The zero-order chi connectivity index (χ0) is 15.0. The standard InChI is InChI=1S/C14H20ClNO4/c1-4-20-13(17)5-6-16-9-10-7-11(15)14(19-3)12(8-10)18-2/h7-8,16H,4-6,9H2,1-3H3. The fraction of sp³-hybridized carbons (Fsp3) is 0.500. The number of hydrogen-bond donors (Lipinski definition) is 1. The molecule has 0 spiro atoms. The number of nitrogens with one attached hydrogen (secondary N) is 1. The molecule has 0 atom stereocenters. The van der Waals surface area contributed by atoms with Gasteiger partial charge in [-0.15, -0.1) is 0 Å². The minimum Gasteiger partial charge on any atom is -0.493 e. The zero-order valence-electron chi connectivity index (χ0n) is 12.0. The first-order chi connectivity index (χ1) is 9.62. The molecule has 5 nitrogen and oxygen atoms in total. The van der Waals surface area contributed by atoms with Crippen molar-refractivity contribution in [2.45, 2.75) is 19.9 Å². The third-order valence-corrected chi connectivity index (χ3v) is 2.91. The molecule has 0 heterocycles. The number of hydrogen-bond acceptors (Lipinski definition) is 5. The summed E-state index contributed by atoms with van der Waals surface area (Å²) < 4.78 is 15.2. The molecule has 0 fully saturated rings. The van der Waals surface area contributed by atoms with Crippen molar-refractivity contribution in [2.75, 3.05) is 27.4 Å². The Bertz CT molecular complexity index is 451. The second-order valence-corrected chi connectivity index (χ2v) is 4.45. The molecule has 0 aliphatic rings. The first kappa shape index (κ1) is 16.6. The van der Waals surface area contributed by atoms with Gasteiger partial charge in [0, 0.05) is 13.1 Å². The second-order valence-electron chi connectivity index (χ2n) is 4.04. The van der Waals surface area contributed by atoms with Crippen LogP contribution in [-0.2, 0) is 16.1 Å². The highest BCUT2D eigenvalue weighted by molar-refractivity contribution is 6.32. The van der Waals surface area contributed by atoms with Crippen molar-refractivity contribution in [1.82, 2.24) is 5.32 Å². The summed E-state index contributed by atoms with van der Waals surface area (Å²) >= 11 is 6.11. The molecule has 0 saturated heterocycles. The van der Waals surface area contributed by atoms with Gasteiger partial charge in [-0.05, 0) is 24.6 Å². The minimum atomic E-state index is -0.203. The highest BCUT2D eigenvalue weighted by atomic mass is 35.5. The van der Waals surface area contributed by atoms with Gasteiger partial charge in [0.1, 0.15) is 0 Å². The van der Waals surface area contributed by atoms with Crippen LogP contribution in [0.15, 0.2) is 12.1 Å². The molecule has 20 heavy (non-hydrogen) atoms. The number of methoxy groups -OCH3 is 2. The highest BCUT2D eigenvalue weighted by Gasteiger charge is 2.10. The van der Waals surface area contributed by atoms with E-state index in [1.54, 1.807) is 27.2 Å². The lowest BCUT2D eigenvalue weighted by Gasteiger charge is -2.12. The number of benzene rings is 1. The fourth-order valence-corrected chi connectivity index (χ4v) is 2.04.